The number of nitrogens with one attached hydrogen (secondary N) is 1. The topological polar surface area (TPSA) is 87.9 Å². The van der Waals surface area contributed by atoms with Crippen molar-refractivity contribution in [3.63, 3.8) is 0 Å². The Bertz CT molecular complexity index is 1400. The van der Waals surface area contributed by atoms with Gasteiger partial charge in [-0.1, -0.05) is 18.2 Å². The Hall–Kier alpha value is -3.49. The summed E-state index contributed by atoms with van der Waals surface area (Å²) in [4.78, 5) is 34.3. The van der Waals surface area contributed by atoms with Gasteiger partial charge in [0.1, 0.15) is 17.2 Å². The van der Waals surface area contributed by atoms with Crippen LogP contribution in [0.5, 0.6) is 0 Å². The molecule has 8 heteroatoms. The van der Waals surface area contributed by atoms with Crippen LogP contribution in [0.3, 0.4) is 0 Å². The number of aryl methyl sites for hydroxylation is 2. The Morgan fingerprint density at radius 1 is 1.26 bits per heavy atom. The van der Waals surface area contributed by atoms with Crippen LogP contribution in [0.2, 0.25) is 0 Å². The van der Waals surface area contributed by atoms with Crippen LogP contribution in [0.25, 0.3) is 17.0 Å². The predicted octanol–water partition coefficient (Wildman–Crippen LogP) is 4.17. The molecule has 1 unspecified atom stereocenters. The van der Waals surface area contributed by atoms with Crippen molar-refractivity contribution in [3.05, 3.63) is 65.1 Å². The van der Waals surface area contributed by atoms with E-state index in [-0.39, 0.29) is 17.9 Å². The Balaban J connectivity index is 1.08. The van der Waals surface area contributed by atoms with E-state index in [1.807, 2.05) is 37.3 Å². The van der Waals surface area contributed by atoms with Crippen LogP contribution < -0.4 is 5.32 Å². The number of likely N-dealkylation sites (N-methyl/N-ethyl adjacent to an activating group) is 1. The second kappa shape index (κ2) is 10.0. The van der Waals surface area contributed by atoms with E-state index < -0.39 is 0 Å². The van der Waals surface area contributed by atoms with Gasteiger partial charge < -0.3 is 19.4 Å². The van der Waals surface area contributed by atoms with Crippen LogP contribution in [0.15, 0.2) is 47.0 Å². The van der Waals surface area contributed by atoms with Crippen LogP contribution in [0.4, 0.5) is 5.82 Å². The lowest BCUT2D eigenvalue weighted by Gasteiger charge is -2.54. The molecule has 0 bridgehead atoms. The second-order valence-corrected chi connectivity index (χ2v) is 11.0. The van der Waals surface area contributed by atoms with E-state index >= 15 is 0 Å². The quantitative estimate of drug-likeness (QED) is 0.514. The summed E-state index contributed by atoms with van der Waals surface area (Å²) in [5.41, 5.74) is 4.06. The van der Waals surface area contributed by atoms with Gasteiger partial charge in [0.2, 0.25) is 11.8 Å². The number of pyridine rings is 1. The van der Waals surface area contributed by atoms with Crippen molar-refractivity contribution in [1.29, 1.82) is 0 Å². The number of rotatable bonds is 5. The molecule has 0 radical (unpaired) electrons. The molecule has 2 amide bonds. The highest BCUT2D eigenvalue weighted by Gasteiger charge is 2.47. The Labute approximate surface area is 222 Å². The van der Waals surface area contributed by atoms with Crippen molar-refractivity contribution in [2.24, 2.45) is 5.41 Å². The number of ether oxygens (including phenoxy) is 1. The molecule has 3 aliphatic heterocycles. The van der Waals surface area contributed by atoms with Crippen LogP contribution in [-0.2, 0) is 27.3 Å². The molecule has 2 aromatic heterocycles. The van der Waals surface area contributed by atoms with E-state index in [1.54, 1.807) is 30.3 Å². The number of furan rings is 1. The van der Waals surface area contributed by atoms with Crippen molar-refractivity contribution in [3.8, 4) is 0 Å². The van der Waals surface area contributed by atoms with E-state index in [4.69, 9.17) is 9.15 Å². The van der Waals surface area contributed by atoms with Crippen LogP contribution in [-0.4, -0.2) is 66.0 Å². The summed E-state index contributed by atoms with van der Waals surface area (Å²) < 4.78 is 11.5. The zero-order valence-corrected chi connectivity index (χ0v) is 22.0. The third-order valence-corrected chi connectivity index (χ3v) is 8.41. The Morgan fingerprint density at radius 3 is 2.84 bits per heavy atom. The summed E-state index contributed by atoms with van der Waals surface area (Å²) >= 11 is 0. The number of para-hydroxylation sites is 1. The van der Waals surface area contributed by atoms with E-state index in [9.17, 15) is 9.59 Å². The summed E-state index contributed by atoms with van der Waals surface area (Å²) in [7, 11) is 1.77. The lowest BCUT2D eigenvalue weighted by molar-refractivity contribution is -0.134. The zero-order chi connectivity index (χ0) is 26.3. The number of fused-ring (bicyclic) bond motifs is 2. The number of benzene rings is 1. The molecule has 1 N–H and O–H groups in total. The number of likely N-dealkylation sites (tertiary alicyclic amines) is 1. The third kappa shape index (κ3) is 4.74. The normalized spacial score (nSPS) is 21.2. The minimum atomic E-state index is -0.131. The molecule has 3 aromatic rings. The van der Waals surface area contributed by atoms with E-state index in [1.165, 1.54) is 0 Å². The molecule has 198 valence electrons. The lowest BCUT2D eigenvalue weighted by Crippen LogP contribution is -2.63. The van der Waals surface area contributed by atoms with Gasteiger partial charge in [-0.25, -0.2) is 4.98 Å². The Morgan fingerprint density at radius 2 is 2.05 bits per heavy atom. The van der Waals surface area contributed by atoms with Crippen molar-refractivity contribution in [1.82, 2.24) is 14.8 Å². The summed E-state index contributed by atoms with van der Waals surface area (Å²) in [6.07, 6.45) is 8.74. The number of carbonyl (C=O) groups is 2. The van der Waals surface area contributed by atoms with E-state index in [2.05, 4.69) is 15.2 Å². The maximum absolute atomic E-state index is 13.0. The van der Waals surface area contributed by atoms with Crippen LogP contribution >= 0.6 is 0 Å². The summed E-state index contributed by atoms with van der Waals surface area (Å²) in [5.74, 6) is 1.32. The van der Waals surface area contributed by atoms with Crippen molar-refractivity contribution in [2.75, 3.05) is 38.7 Å². The highest BCUT2D eigenvalue weighted by atomic mass is 16.5. The number of nitrogens with zero attached hydrogens (tertiary/aromatic N) is 3. The van der Waals surface area contributed by atoms with E-state index in [0.717, 1.165) is 85.4 Å². The monoisotopic (exact) mass is 514 g/mol. The molecule has 5 heterocycles. The zero-order valence-electron chi connectivity index (χ0n) is 22.0. The van der Waals surface area contributed by atoms with Gasteiger partial charge in [-0.05, 0) is 61.9 Å². The molecule has 6 rings (SSSR count). The first-order valence-corrected chi connectivity index (χ1v) is 13.4. The van der Waals surface area contributed by atoms with Gasteiger partial charge in [-0.15, -0.1) is 0 Å². The van der Waals surface area contributed by atoms with Gasteiger partial charge in [-0.3, -0.25) is 14.5 Å². The number of carbonyl (C=O) groups excluding carboxylic acids is 2. The summed E-state index contributed by atoms with van der Waals surface area (Å²) in [5, 5.41) is 4.11. The SMILES string of the molecule is Cc1c(CN(C)C(=O)/C=C/c2cnc3c(c2)CCC(N2CC4(CCOCC4)C2)C(=O)N3)oc2ccccc12. The largest absolute Gasteiger partial charge is 0.459 e. The molecule has 1 aromatic carbocycles. The fourth-order valence-electron chi connectivity index (χ4n) is 6.02. The van der Waals surface area contributed by atoms with Crippen molar-refractivity contribution >= 4 is 34.7 Å². The molecular formula is C30H34N4O4. The van der Waals surface area contributed by atoms with E-state index in [0.29, 0.717) is 17.8 Å². The Kier molecular flexibility index (Phi) is 6.53. The first kappa shape index (κ1) is 24.8. The number of anilines is 1. The molecule has 1 spiro atoms. The molecule has 2 fully saturated rings. The van der Waals surface area contributed by atoms with Crippen LogP contribution in [0, 0.1) is 12.3 Å². The lowest BCUT2D eigenvalue weighted by atomic mass is 9.72. The van der Waals surface area contributed by atoms with Gasteiger partial charge in [0.05, 0.1) is 12.6 Å². The summed E-state index contributed by atoms with van der Waals surface area (Å²) in [6.45, 7) is 6.00. The number of amides is 2. The van der Waals surface area contributed by atoms with Crippen LogP contribution in [0.1, 0.15) is 41.7 Å². The van der Waals surface area contributed by atoms with Gasteiger partial charge in [-0.2, -0.15) is 0 Å². The third-order valence-electron chi connectivity index (χ3n) is 8.41. The minimum Gasteiger partial charge on any atom is -0.459 e. The molecule has 1 atom stereocenters. The number of hydrogen-bond acceptors (Lipinski definition) is 6. The average Bonchev–Trinajstić information content (AvgIpc) is 3.12. The first-order chi connectivity index (χ1) is 18.4. The predicted molar refractivity (Wildman–Crippen MR) is 145 cm³/mol. The van der Waals surface area contributed by atoms with Crippen molar-refractivity contribution < 1.29 is 18.7 Å². The fraction of sp³-hybridized carbons (Fsp3) is 0.433. The number of hydrogen-bond donors (Lipinski definition) is 1. The smallest absolute Gasteiger partial charge is 0.246 e. The maximum atomic E-state index is 13.0. The fourth-order valence-corrected chi connectivity index (χ4v) is 6.02. The van der Waals surface area contributed by atoms with Crippen molar-refractivity contribution in [2.45, 2.75) is 45.2 Å². The average molecular weight is 515 g/mol. The molecule has 38 heavy (non-hydrogen) atoms. The second-order valence-electron chi connectivity index (χ2n) is 11.0. The van der Waals surface area contributed by atoms with Gasteiger partial charge in [0.15, 0.2) is 0 Å². The van der Waals surface area contributed by atoms with Gasteiger partial charge in [0, 0.05) is 62.0 Å². The highest BCUT2D eigenvalue weighted by molar-refractivity contribution is 5.96. The standard InChI is InChI=1S/C30H34N4O4/c1-20-23-5-3-4-6-25(23)38-26(20)17-33(2)27(35)10-7-21-15-22-8-9-24(29(36)32-28(22)31-16-21)34-18-30(19-34)11-13-37-14-12-30/h3-7,10,15-16,24H,8-9,11-14,17-19H2,1-2H3,(H,31,32,36)/b10-7+. The highest BCUT2D eigenvalue weighted by Crippen LogP contribution is 2.42. The number of aromatic nitrogens is 1. The molecule has 2 saturated heterocycles. The molecule has 0 saturated carbocycles. The minimum absolute atomic E-state index is 0.0270. The molecular weight excluding hydrogens is 480 g/mol. The molecule has 0 aliphatic carbocycles. The van der Waals surface area contributed by atoms with Gasteiger partial charge >= 0.3 is 0 Å². The molecule has 3 aliphatic rings. The first-order valence-electron chi connectivity index (χ1n) is 13.4. The summed E-state index contributed by atoms with van der Waals surface area (Å²) in [6, 6.07) is 9.79. The van der Waals surface area contributed by atoms with Gasteiger partial charge in [0.25, 0.3) is 0 Å². The maximum Gasteiger partial charge on any atom is 0.246 e. The molecule has 8 nitrogen and oxygen atoms in total.